The van der Waals surface area contributed by atoms with Crippen LogP contribution in [-0.2, 0) is 4.79 Å². The van der Waals surface area contributed by atoms with Crippen LogP contribution in [0.1, 0.15) is 36.7 Å². The predicted molar refractivity (Wildman–Crippen MR) is 128 cm³/mol. The third-order valence-electron chi connectivity index (χ3n) is 6.79. The molecule has 0 saturated carbocycles. The third-order valence-corrected chi connectivity index (χ3v) is 7.03. The van der Waals surface area contributed by atoms with Crippen molar-refractivity contribution in [3.63, 3.8) is 0 Å². The van der Waals surface area contributed by atoms with E-state index in [0.717, 1.165) is 56.6 Å². The maximum absolute atomic E-state index is 13.2. The molecule has 174 valence electrons. The maximum Gasteiger partial charge on any atom is 0.270 e. The molecule has 0 unspecified atom stereocenters. The molecule has 2 aromatic rings. The average molecular weight is 460 g/mol. The van der Waals surface area contributed by atoms with Gasteiger partial charge >= 0.3 is 0 Å². The van der Waals surface area contributed by atoms with Gasteiger partial charge in [0, 0.05) is 54.7 Å². The highest BCUT2D eigenvalue weighted by atomic mass is 35.5. The monoisotopic (exact) mass is 459 g/mol. The zero-order valence-corrected chi connectivity index (χ0v) is 19.9. The van der Waals surface area contributed by atoms with Crippen LogP contribution in [0.3, 0.4) is 0 Å². The Kier molecular flexibility index (Phi) is 7.38. The molecule has 2 amide bonds. The highest BCUT2D eigenvalue weighted by molar-refractivity contribution is 6.31. The fraction of sp³-hybridized carbons (Fsp3) is 0.583. The highest BCUT2D eigenvalue weighted by Gasteiger charge is 2.29. The number of hydrogen-bond acceptors (Lipinski definition) is 4. The first-order chi connectivity index (χ1) is 15.4. The van der Waals surface area contributed by atoms with Crippen molar-refractivity contribution in [3.05, 3.63) is 35.0 Å². The number of nitrogens with zero attached hydrogens (tertiary/aromatic N) is 4. The van der Waals surface area contributed by atoms with Gasteiger partial charge in [-0.15, -0.1) is 0 Å². The van der Waals surface area contributed by atoms with Crippen molar-refractivity contribution in [2.45, 2.75) is 32.2 Å². The Morgan fingerprint density at radius 1 is 1.09 bits per heavy atom. The van der Waals surface area contributed by atoms with Crippen molar-refractivity contribution in [3.8, 4) is 0 Å². The van der Waals surface area contributed by atoms with Gasteiger partial charge in [-0.2, -0.15) is 0 Å². The summed E-state index contributed by atoms with van der Waals surface area (Å²) in [6.07, 6.45) is 3.22. The summed E-state index contributed by atoms with van der Waals surface area (Å²) in [5.41, 5.74) is 1.36. The van der Waals surface area contributed by atoms with E-state index in [-0.39, 0.29) is 18.4 Å². The standard InChI is InChI=1S/C24H34ClN5O2/c1-3-8-30(24(32)22-16-18-15-19(25)4-5-21(18)26-22)17-23(31)29-13-11-28(12-14-29)20-6-9-27(2)10-7-20/h4-5,15-16,20,26H,3,6-14,17H2,1-2H3. The van der Waals surface area contributed by atoms with E-state index >= 15 is 0 Å². The summed E-state index contributed by atoms with van der Waals surface area (Å²) in [6.45, 7) is 8.32. The molecule has 8 heteroatoms. The number of halogens is 1. The molecule has 2 saturated heterocycles. The number of benzene rings is 1. The quantitative estimate of drug-likeness (QED) is 0.721. The van der Waals surface area contributed by atoms with Crippen LogP contribution in [0, 0.1) is 0 Å². The lowest BCUT2D eigenvalue weighted by atomic mass is 10.0. The van der Waals surface area contributed by atoms with E-state index in [2.05, 4.69) is 21.8 Å². The molecule has 32 heavy (non-hydrogen) atoms. The summed E-state index contributed by atoms with van der Waals surface area (Å²) >= 11 is 6.08. The van der Waals surface area contributed by atoms with Gasteiger partial charge in [-0.1, -0.05) is 18.5 Å². The minimum Gasteiger partial charge on any atom is -0.351 e. The molecule has 7 nitrogen and oxygen atoms in total. The number of aromatic nitrogens is 1. The number of carbonyl (C=O) groups excluding carboxylic acids is 2. The van der Waals surface area contributed by atoms with Gasteiger partial charge in [-0.25, -0.2) is 0 Å². The van der Waals surface area contributed by atoms with Crippen molar-refractivity contribution < 1.29 is 9.59 Å². The van der Waals surface area contributed by atoms with Gasteiger partial charge in [-0.05, 0) is 63.7 Å². The van der Waals surface area contributed by atoms with E-state index < -0.39 is 0 Å². The van der Waals surface area contributed by atoms with Crippen molar-refractivity contribution in [1.29, 1.82) is 0 Å². The molecule has 2 aliphatic heterocycles. The Balaban J connectivity index is 1.35. The number of piperazine rings is 1. The summed E-state index contributed by atoms with van der Waals surface area (Å²) in [7, 11) is 2.18. The van der Waals surface area contributed by atoms with E-state index in [4.69, 9.17) is 11.6 Å². The summed E-state index contributed by atoms with van der Waals surface area (Å²) in [4.78, 5) is 37.9. The number of piperidine rings is 1. The van der Waals surface area contributed by atoms with Crippen molar-refractivity contribution >= 4 is 34.3 Å². The fourth-order valence-electron chi connectivity index (χ4n) is 4.87. The van der Waals surface area contributed by atoms with Gasteiger partial charge in [0.15, 0.2) is 0 Å². The lowest BCUT2D eigenvalue weighted by Gasteiger charge is -2.42. The number of aromatic amines is 1. The van der Waals surface area contributed by atoms with E-state index in [9.17, 15) is 9.59 Å². The lowest BCUT2D eigenvalue weighted by molar-refractivity contribution is -0.134. The lowest BCUT2D eigenvalue weighted by Crippen LogP contribution is -2.55. The van der Waals surface area contributed by atoms with E-state index in [1.54, 1.807) is 11.0 Å². The second-order valence-corrected chi connectivity index (χ2v) is 9.53. The summed E-state index contributed by atoms with van der Waals surface area (Å²) < 4.78 is 0. The molecule has 2 aliphatic rings. The Hall–Kier alpha value is -2.09. The van der Waals surface area contributed by atoms with E-state index in [0.29, 0.717) is 23.3 Å². The summed E-state index contributed by atoms with van der Waals surface area (Å²) in [5, 5.41) is 1.53. The zero-order valence-electron chi connectivity index (χ0n) is 19.1. The van der Waals surface area contributed by atoms with Crippen molar-refractivity contribution in [2.75, 3.05) is 59.4 Å². The number of amides is 2. The van der Waals surface area contributed by atoms with Gasteiger partial charge in [0.25, 0.3) is 5.91 Å². The van der Waals surface area contributed by atoms with Gasteiger partial charge in [0.2, 0.25) is 5.91 Å². The minimum absolute atomic E-state index is 0.0361. The number of nitrogens with one attached hydrogen (secondary N) is 1. The molecule has 0 atom stereocenters. The topological polar surface area (TPSA) is 62.9 Å². The molecule has 0 bridgehead atoms. The fourth-order valence-corrected chi connectivity index (χ4v) is 5.05. The smallest absolute Gasteiger partial charge is 0.270 e. The first-order valence-electron chi connectivity index (χ1n) is 11.7. The highest BCUT2D eigenvalue weighted by Crippen LogP contribution is 2.21. The van der Waals surface area contributed by atoms with Crippen LogP contribution < -0.4 is 0 Å². The van der Waals surface area contributed by atoms with Crippen LogP contribution in [-0.4, -0.2) is 102 Å². The summed E-state index contributed by atoms with van der Waals surface area (Å²) in [5.74, 6) is -0.105. The van der Waals surface area contributed by atoms with Crippen LogP contribution in [0.5, 0.6) is 0 Å². The number of fused-ring (bicyclic) bond motifs is 1. The molecule has 1 N–H and O–H groups in total. The van der Waals surface area contributed by atoms with Crippen LogP contribution in [0.15, 0.2) is 24.3 Å². The molecule has 3 heterocycles. The number of likely N-dealkylation sites (tertiary alicyclic amines) is 1. The van der Waals surface area contributed by atoms with Crippen LogP contribution >= 0.6 is 11.6 Å². The van der Waals surface area contributed by atoms with E-state index in [1.165, 1.54) is 12.8 Å². The Labute approximate surface area is 195 Å². The molecule has 0 aliphatic carbocycles. The maximum atomic E-state index is 13.2. The summed E-state index contributed by atoms with van der Waals surface area (Å²) in [6, 6.07) is 7.96. The Morgan fingerprint density at radius 2 is 1.81 bits per heavy atom. The number of carbonyl (C=O) groups is 2. The molecular formula is C24H34ClN5O2. The predicted octanol–water partition coefficient (Wildman–Crippen LogP) is 2.91. The molecule has 2 fully saturated rings. The van der Waals surface area contributed by atoms with Crippen LogP contribution in [0.25, 0.3) is 10.9 Å². The van der Waals surface area contributed by atoms with Gasteiger partial charge in [0.05, 0.1) is 0 Å². The Morgan fingerprint density at radius 3 is 2.50 bits per heavy atom. The van der Waals surface area contributed by atoms with Crippen molar-refractivity contribution in [2.24, 2.45) is 0 Å². The third kappa shape index (κ3) is 5.27. The average Bonchev–Trinajstić information content (AvgIpc) is 3.22. The largest absolute Gasteiger partial charge is 0.351 e. The van der Waals surface area contributed by atoms with Crippen molar-refractivity contribution in [1.82, 2.24) is 24.6 Å². The number of H-pyrrole nitrogens is 1. The molecular weight excluding hydrogens is 426 g/mol. The molecule has 1 aromatic carbocycles. The van der Waals surface area contributed by atoms with Gasteiger partial charge in [-0.3, -0.25) is 14.5 Å². The molecule has 4 rings (SSSR count). The zero-order chi connectivity index (χ0) is 22.7. The molecule has 0 radical (unpaired) electrons. The normalized spacial score (nSPS) is 18.9. The molecule has 1 aromatic heterocycles. The van der Waals surface area contributed by atoms with E-state index in [1.807, 2.05) is 30.0 Å². The Bertz CT molecular complexity index is 945. The van der Waals surface area contributed by atoms with Crippen LogP contribution in [0.4, 0.5) is 0 Å². The second kappa shape index (κ2) is 10.2. The second-order valence-electron chi connectivity index (χ2n) is 9.09. The SMILES string of the molecule is CCCN(CC(=O)N1CCN(C2CCN(C)CC2)CC1)C(=O)c1cc2cc(Cl)ccc2[nH]1. The number of hydrogen-bond donors (Lipinski definition) is 1. The first-order valence-corrected chi connectivity index (χ1v) is 12.1. The van der Waals surface area contributed by atoms with Crippen LogP contribution in [0.2, 0.25) is 5.02 Å². The van der Waals surface area contributed by atoms with Gasteiger partial charge < -0.3 is 19.7 Å². The first kappa shape index (κ1) is 23.1. The van der Waals surface area contributed by atoms with Gasteiger partial charge in [0.1, 0.15) is 12.2 Å². The minimum atomic E-state index is -0.141. The molecule has 0 spiro atoms. The number of rotatable bonds is 6.